The number of alkyl halides is 3. The summed E-state index contributed by atoms with van der Waals surface area (Å²) in [7, 11) is 0. The molecule has 0 radical (unpaired) electrons. The number of hydrogen-bond donors (Lipinski definition) is 0. The van der Waals surface area contributed by atoms with Crippen molar-refractivity contribution < 1.29 is 13.2 Å². The summed E-state index contributed by atoms with van der Waals surface area (Å²) in [6.07, 6.45) is -0.865. The largest absolute Gasteiger partial charge is 0.409 e. The van der Waals surface area contributed by atoms with Crippen LogP contribution in [-0.4, -0.2) is 6.18 Å². The summed E-state index contributed by atoms with van der Waals surface area (Å²) in [6.45, 7) is 9.90. The summed E-state index contributed by atoms with van der Waals surface area (Å²) >= 11 is 0. The smallest absolute Gasteiger partial charge is 0.167 e. The predicted octanol–water partition coefficient (Wildman–Crippen LogP) is 4.96. The lowest BCUT2D eigenvalue weighted by atomic mass is 9.73. The van der Waals surface area contributed by atoms with E-state index in [9.17, 15) is 13.2 Å². The van der Waals surface area contributed by atoms with Gasteiger partial charge in [0.15, 0.2) is 0 Å². The summed E-state index contributed by atoms with van der Waals surface area (Å²) in [5.74, 6) is 0. The van der Waals surface area contributed by atoms with E-state index in [4.69, 9.17) is 0 Å². The highest BCUT2D eigenvalue weighted by atomic mass is 19.4. The van der Waals surface area contributed by atoms with E-state index in [1.54, 1.807) is 0 Å². The van der Waals surface area contributed by atoms with Crippen LogP contribution in [0.4, 0.5) is 13.2 Å². The van der Waals surface area contributed by atoms with Gasteiger partial charge in [-0.05, 0) is 17.3 Å². The van der Waals surface area contributed by atoms with E-state index in [1.165, 1.54) is 6.08 Å². The third-order valence-corrected chi connectivity index (χ3v) is 2.61. The molecule has 3 heteroatoms. The molecule has 90 valence electrons. The van der Waals surface area contributed by atoms with Crippen molar-refractivity contribution in [2.45, 2.75) is 53.6 Å². The van der Waals surface area contributed by atoms with Gasteiger partial charge in [0.05, 0.1) is 0 Å². The predicted molar refractivity (Wildman–Crippen MR) is 57.7 cm³/mol. The first-order valence-electron chi connectivity index (χ1n) is 5.25. The van der Waals surface area contributed by atoms with E-state index in [-0.39, 0.29) is 5.41 Å². The van der Waals surface area contributed by atoms with E-state index < -0.39 is 11.6 Å². The highest BCUT2D eigenvalue weighted by Gasteiger charge is 2.28. The van der Waals surface area contributed by atoms with Crippen molar-refractivity contribution >= 4 is 0 Å². The highest BCUT2D eigenvalue weighted by molar-refractivity contribution is 5.00. The topological polar surface area (TPSA) is 0 Å². The Bertz CT molecular complexity index is 222. The van der Waals surface area contributed by atoms with Crippen LogP contribution in [-0.2, 0) is 0 Å². The molecule has 0 heterocycles. The van der Waals surface area contributed by atoms with Crippen LogP contribution >= 0.6 is 0 Å². The van der Waals surface area contributed by atoms with Gasteiger partial charge in [0, 0.05) is 6.08 Å². The fourth-order valence-electron chi connectivity index (χ4n) is 1.74. The molecule has 0 atom stereocenters. The van der Waals surface area contributed by atoms with Gasteiger partial charge in [-0.2, -0.15) is 13.2 Å². The van der Waals surface area contributed by atoms with Crippen molar-refractivity contribution in [3.8, 4) is 0 Å². The molecule has 0 aliphatic carbocycles. The van der Waals surface area contributed by atoms with Crippen LogP contribution in [0.1, 0.15) is 47.5 Å². The lowest BCUT2D eigenvalue weighted by Crippen LogP contribution is -2.21. The van der Waals surface area contributed by atoms with Crippen molar-refractivity contribution in [2.75, 3.05) is 0 Å². The highest BCUT2D eigenvalue weighted by Crippen LogP contribution is 2.37. The van der Waals surface area contributed by atoms with Gasteiger partial charge in [0.2, 0.25) is 0 Å². The van der Waals surface area contributed by atoms with Crippen LogP contribution in [0, 0.1) is 10.8 Å². The zero-order chi connectivity index (χ0) is 12.3. The zero-order valence-electron chi connectivity index (χ0n) is 10.2. The first kappa shape index (κ1) is 14.5. The van der Waals surface area contributed by atoms with E-state index in [0.29, 0.717) is 6.08 Å². The maximum absolute atomic E-state index is 12.0. The molecule has 0 aromatic heterocycles. The molecule has 0 nitrogen and oxygen atoms in total. The van der Waals surface area contributed by atoms with Crippen molar-refractivity contribution in [1.29, 1.82) is 0 Å². The molecule has 0 saturated heterocycles. The van der Waals surface area contributed by atoms with Gasteiger partial charge in [-0.25, -0.2) is 0 Å². The monoisotopic (exact) mass is 222 g/mol. The molecule has 0 bridgehead atoms. The van der Waals surface area contributed by atoms with Gasteiger partial charge in [-0.1, -0.05) is 47.1 Å². The Morgan fingerprint density at radius 3 is 1.73 bits per heavy atom. The summed E-state index contributed by atoms with van der Waals surface area (Å²) in [5, 5.41) is 0. The summed E-state index contributed by atoms with van der Waals surface area (Å²) in [5.41, 5.74) is -0.325. The van der Waals surface area contributed by atoms with Crippen LogP contribution in [0.2, 0.25) is 0 Å². The molecule has 0 aromatic carbocycles. The van der Waals surface area contributed by atoms with Crippen molar-refractivity contribution in [3.63, 3.8) is 0 Å². The molecule has 0 aliphatic heterocycles. The quantitative estimate of drug-likeness (QED) is 0.590. The molecule has 0 amide bonds. The molecule has 0 saturated carbocycles. The number of allylic oxidation sites excluding steroid dienone is 2. The Labute approximate surface area is 90.6 Å². The normalized spacial score (nSPS) is 14.9. The van der Waals surface area contributed by atoms with Gasteiger partial charge < -0.3 is 0 Å². The Kier molecular flexibility index (Phi) is 4.44. The third kappa shape index (κ3) is 7.46. The molecule has 0 spiro atoms. The molecule has 0 N–H and O–H groups in total. The van der Waals surface area contributed by atoms with E-state index in [1.807, 2.05) is 13.8 Å². The minimum Gasteiger partial charge on any atom is -0.167 e. The van der Waals surface area contributed by atoms with E-state index >= 15 is 0 Å². The second-order valence-corrected chi connectivity index (χ2v) is 5.56. The van der Waals surface area contributed by atoms with Crippen LogP contribution in [0.3, 0.4) is 0 Å². The van der Waals surface area contributed by atoms with Crippen molar-refractivity contribution in [3.05, 3.63) is 12.2 Å². The average molecular weight is 222 g/mol. The second kappa shape index (κ2) is 4.58. The van der Waals surface area contributed by atoms with Crippen molar-refractivity contribution in [1.82, 2.24) is 0 Å². The second-order valence-electron chi connectivity index (χ2n) is 5.56. The zero-order valence-corrected chi connectivity index (χ0v) is 10.2. The maximum atomic E-state index is 12.0. The Hall–Kier alpha value is -0.470. The fraction of sp³-hybridized carbons (Fsp3) is 0.833. The third-order valence-electron chi connectivity index (χ3n) is 2.61. The van der Waals surface area contributed by atoms with Crippen LogP contribution in [0.15, 0.2) is 12.2 Å². The van der Waals surface area contributed by atoms with E-state index in [0.717, 1.165) is 12.8 Å². The van der Waals surface area contributed by atoms with Crippen LogP contribution < -0.4 is 0 Å². The summed E-state index contributed by atoms with van der Waals surface area (Å²) < 4.78 is 36.0. The molecular weight excluding hydrogens is 201 g/mol. The van der Waals surface area contributed by atoms with E-state index in [2.05, 4.69) is 20.8 Å². The van der Waals surface area contributed by atoms with Gasteiger partial charge in [0.25, 0.3) is 0 Å². The number of rotatable bonds is 4. The maximum Gasteiger partial charge on any atom is 0.409 e. The Morgan fingerprint density at radius 1 is 0.933 bits per heavy atom. The van der Waals surface area contributed by atoms with Gasteiger partial charge in [-0.3, -0.25) is 0 Å². The number of hydrogen-bond acceptors (Lipinski definition) is 0. The van der Waals surface area contributed by atoms with Gasteiger partial charge in [0.1, 0.15) is 0 Å². The standard InChI is InChI=1S/C12H21F3/c1-6-10(2,3)9-11(4,5)7-8-12(13,14)15/h7-8H,6,9H2,1-5H3. The first-order chi connectivity index (χ1) is 6.47. The van der Waals surface area contributed by atoms with Gasteiger partial charge >= 0.3 is 6.18 Å². The van der Waals surface area contributed by atoms with Crippen LogP contribution in [0.25, 0.3) is 0 Å². The minimum absolute atomic E-state index is 0.0828. The fourth-order valence-corrected chi connectivity index (χ4v) is 1.74. The molecule has 0 unspecified atom stereocenters. The molecule has 0 aliphatic rings. The summed E-state index contributed by atoms with van der Waals surface area (Å²) in [4.78, 5) is 0. The molecular formula is C12H21F3. The van der Waals surface area contributed by atoms with Gasteiger partial charge in [-0.15, -0.1) is 0 Å². The molecule has 0 rings (SSSR count). The lowest BCUT2D eigenvalue weighted by molar-refractivity contribution is -0.0806. The number of halogens is 3. The molecule has 15 heavy (non-hydrogen) atoms. The first-order valence-corrected chi connectivity index (χ1v) is 5.25. The summed E-state index contributed by atoms with van der Waals surface area (Å²) in [6, 6.07) is 0. The van der Waals surface area contributed by atoms with Crippen LogP contribution in [0.5, 0.6) is 0 Å². The minimum atomic E-state index is -4.20. The molecule has 0 fully saturated rings. The lowest BCUT2D eigenvalue weighted by Gasteiger charge is -2.32. The Balaban J connectivity index is 4.51. The Morgan fingerprint density at radius 2 is 1.40 bits per heavy atom. The average Bonchev–Trinajstić information content (AvgIpc) is 1.98. The molecule has 0 aromatic rings. The van der Waals surface area contributed by atoms with Crippen molar-refractivity contribution in [2.24, 2.45) is 10.8 Å². The SMILES string of the molecule is CCC(C)(C)CC(C)(C)C=CC(F)(F)F.